The molecule has 1 heterocycles. The van der Waals surface area contributed by atoms with Crippen molar-refractivity contribution < 1.29 is 13.9 Å². The predicted octanol–water partition coefficient (Wildman–Crippen LogP) is 2.94. The molecule has 0 radical (unpaired) electrons. The zero-order chi connectivity index (χ0) is 13.3. The van der Waals surface area contributed by atoms with Gasteiger partial charge in [-0.25, -0.2) is 8.78 Å². The highest BCUT2D eigenvalue weighted by Gasteiger charge is 2.26. The highest BCUT2D eigenvalue weighted by atomic mass is 19.1. The van der Waals surface area contributed by atoms with Gasteiger partial charge in [0.1, 0.15) is 17.3 Å². The summed E-state index contributed by atoms with van der Waals surface area (Å²) in [6, 6.07) is 2.42. The van der Waals surface area contributed by atoms with E-state index < -0.39 is 11.6 Å². The Morgan fingerprint density at radius 2 is 1.67 bits per heavy atom. The van der Waals surface area contributed by atoms with E-state index in [1.807, 2.05) is 0 Å². The maximum Gasteiger partial charge on any atom is 0.149 e. The summed E-state index contributed by atoms with van der Waals surface area (Å²) >= 11 is 0. The zero-order valence-corrected chi connectivity index (χ0v) is 10.8. The lowest BCUT2D eigenvalue weighted by Crippen LogP contribution is -2.39. The Morgan fingerprint density at radius 3 is 2.11 bits per heavy atom. The van der Waals surface area contributed by atoms with Gasteiger partial charge in [-0.1, -0.05) is 13.8 Å². The molecule has 2 atom stereocenters. The highest BCUT2D eigenvalue weighted by Crippen LogP contribution is 2.31. The van der Waals surface area contributed by atoms with E-state index >= 15 is 0 Å². The third-order valence-corrected chi connectivity index (χ3v) is 3.44. The summed E-state index contributed by atoms with van der Waals surface area (Å²) in [5, 5.41) is 8.92. The first kappa shape index (κ1) is 13.3. The van der Waals surface area contributed by atoms with Crippen molar-refractivity contribution in [1.29, 1.82) is 0 Å². The molecule has 1 aromatic carbocycles. The molecule has 0 aliphatic carbocycles. The molecule has 100 valence electrons. The molecule has 1 aliphatic rings. The number of rotatable bonds is 2. The topological polar surface area (TPSA) is 23.5 Å². The summed E-state index contributed by atoms with van der Waals surface area (Å²) in [4.78, 5) is 1.78. The van der Waals surface area contributed by atoms with Crippen LogP contribution in [0, 0.1) is 23.5 Å². The van der Waals surface area contributed by atoms with Crippen molar-refractivity contribution in [3.05, 3.63) is 29.3 Å². The van der Waals surface area contributed by atoms with Crippen LogP contribution >= 0.6 is 0 Å². The first-order valence-electron chi connectivity index (χ1n) is 6.35. The maximum absolute atomic E-state index is 13.9. The molecule has 1 aliphatic heterocycles. The number of anilines is 1. The molecular weight excluding hydrogens is 236 g/mol. The van der Waals surface area contributed by atoms with E-state index in [0.29, 0.717) is 24.9 Å². The summed E-state index contributed by atoms with van der Waals surface area (Å²) in [6.45, 7) is 5.20. The first-order chi connectivity index (χ1) is 8.51. The van der Waals surface area contributed by atoms with Gasteiger partial charge in [0.25, 0.3) is 0 Å². The van der Waals surface area contributed by atoms with E-state index in [9.17, 15) is 8.78 Å². The summed E-state index contributed by atoms with van der Waals surface area (Å²) in [7, 11) is 0. The van der Waals surface area contributed by atoms with E-state index in [2.05, 4.69) is 13.8 Å². The fourth-order valence-electron chi connectivity index (χ4n) is 2.86. The standard InChI is InChI=1S/C14H19F2NO/c1-9-3-10(2)7-17(6-9)14-12(15)4-11(8-18)5-13(14)16/h4-5,9-10,18H,3,6-8H2,1-2H3. The molecule has 2 unspecified atom stereocenters. The van der Waals surface area contributed by atoms with Gasteiger partial charge in [0.05, 0.1) is 6.61 Å². The van der Waals surface area contributed by atoms with E-state index in [1.54, 1.807) is 4.90 Å². The summed E-state index contributed by atoms with van der Waals surface area (Å²) in [6.07, 6.45) is 1.09. The smallest absolute Gasteiger partial charge is 0.149 e. The quantitative estimate of drug-likeness (QED) is 0.878. The Hall–Kier alpha value is -1.16. The van der Waals surface area contributed by atoms with Gasteiger partial charge in [0, 0.05) is 13.1 Å². The van der Waals surface area contributed by atoms with Crippen LogP contribution in [0.3, 0.4) is 0 Å². The lowest BCUT2D eigenvalue weighted by Gasteiger charge is -2.36. The van der Waals surface area contributed by atoms with Gasteiger partial charge in [-0.2, -0.15) is 0 Å². The van der Waals surface area contributed by atoms with Crippen molar-refractivity contribution in [2.45, 2.75) is 26.9 Å². The molecule has 1 N–H and O–H groups in total. The Balaban J connectivity index is 2.32. The molecule has 18 heavy (non-hydrogen) atoms. The molecule has 1 fully saturated rings. The molecule has 0 bridgehead atoms. The third kappa shape index (κ3) is 2.64. The molecule has 0 saturated carbocycles. The van der Waals surface area contributed by atoms with E-state index in [-0.39, 0.29) is 17.9 Å². The Kier molecular flexibility index (Phi) is 3.85. The number of hydrogen-bond acceptors (Lipinski definition) is 2. The number of hydrogen-bond donors (Lipinski definition) is 1. The minimum atomic E-state index is -0.583. The highest BCUT2D eigenvalue weighted by molar-refractivity contribution is 5.51. The average molecular weight is 255 g/mol. The van der Waals surface area contributed by atoms with Crippen LogP contribution in [0.4, 0.5) is 14.5 Å². The van der Waals surface area contributed by atoms with Crippen LogP contribution < -0.4 is 4.90 Å². The summed E-state index contributed by atoms with van der Waals surface area (Å²) in [5.74, 6) is -0.296. The normalized spacial score (nSPS) is 24.4. The van der Waals surface area contributed by atoms with E-state index in [4.69, 9.17) is 5.11 Å². The monoisotopic (exact) mass is 255 g/mol. The van der Waals surface area contributed by atoms with Gasteiger partial charge in [-0.3, -0.25) is 0 Å². The van der Waals surface area contributed by atoms with Gasteiger partial charge in [-0.05, 0) is 36.0 Å². The molecule has 1 saturated heterocycles. The van der Waals surface area contributed by atoms with Crippen LogP contribution in [0.5, 0.6) is 0 Å². The zero-order valence-electron chi connectivity index (χ0n) is 10.8. The lowest BCUT2D eigenvalue weighted by atomic mass is 9.91. The first-order valence-corrected chi connectivity index (χ1v) is 6.35. The van der Waals surface area contributed by atoms with Crippen molar-refractivity contribution in [1.82, 2.24) is 0 Å². The number of nitrogens with zero attached hydrogens (tertiary/aromatic N) is 1. The molecule has 0 spiro atoms. The van der Waals surface area contributed by atoms with Crippen molar-refractivity contribution in [3.8, 4) is 0 Å². The SMILES string of the molecule is CC1CC(C)CN(c2c(F)cc(CO)cc2F)C1. The van der Waals surface area contributed by atoms with E-state index in [0.717, 1.165) is 6.42 Å². The molecule has 1 aromatic rings. The van der Waals surface area contributed by atoms with Crippen molar-refractivity contribution in [2.75, 3.05) is 18.0 Å². The predicted molar refractivity (Wildman–Crippen MR) is 67.4 cm³/mol. The second kappa shape index (κ2) is 5.22. The van der Waals surface area contributed by atoms with Crippen LogP contribution in [-0.2, 0) is 6.61 Å². The second-order valence-electron chi connectivity index (χ2n) is 5.42. The van der Waals surface area contributed by atoms with Crippen LogP contribution in [0.1, 0.15) is 25.8 Å². The fourth-order valence-corrected chi connectivity index (χ4v) is 2.86. The van der Waals surface area contributed by atoms with Gasteiger partial charge in [-0.15, -0.1) is 0 Å². The number of aliphatic hydroxyl groups is 1. The van der Waals surface area contributed by atoms with Crippen LogP contribution in [0.25, 0.3) is 0 Å². The van der Waals surface area contributed by atoms with Gasteiger partial charge >= 0.3 is 0 Å². The summed E-state index contributed by atoms with van der Waals surface area (Å²) in [5.41, 5.74) is 0.317. The van der Waals surface area contributed by atoms with Gasteiger partial charge in [0.2, 0.25) is 0 Å². The van der Waals surface area contributed by atoms with E-state index in [1.165, 1.54) is 12.1 Å². The molecular formula is C14H19F2NO. The second-order valence-corrected chi connectivity index (χ2v) is 5.42. The van der Waals surface area contributed by atoms with Crippen LogP contribution in [-0.4, -0.2) is 18.2 Å². The Morgan fingerprint density at radius 1 is 1.17 bits per heavy atom. The molecule has 2 nitrogen and oxygen atoms in total. The Labute approximate surface area is 106 Å². The minimum absolute atomic E-state index is 0.0469. The lowest BCUT2D eigenvalue weighted by molar-refractivity contribution is 0.280. The number of aliphatic hydroxyl groups excluding tert-OH is 1. The van der Waals surface area contributed by atoms with Crippen molar-refractivity contribution in [3.63, 3.8) is 0 Å². The fraction of sp³-hybridized carbons (Fsp3) is 0.571. The largest absolute Gasteiger partial charge is 0.392 e. The Bertz CT molecular complexity index is 403. The van der Waals surface area contributed by atoms with Crippen LogP contribution in [0.15, 0.2) is 12.1 Å². The third-order valence-electron chi connectivity index (χ3n) is 3.44. The minimum Gasteiger partial charge on any atom is -0.392 e. The average Bonchev–Trinajstić information content (AvgIpc) is 2.26. The van der Waals surface area contributed by atoms with Crippen LogP contribution in [0.2, 0.25) is 0 Å². The summed E-state index contributed by atoms with van der Waals surface area (Å²) < 4.78 is 27.9. The number of benzene rings is 1. The van der Waals surface area contributed by atoms with Gasteiger partial charge < -0.3 is 10.0 Å². The molecule has 0 aromatic heterocycles. The maximum atomic E-state index is 13.9. The number of piperidine rings is 1. The van der Waals surface area contributed by atoms with Crippen molar-refractivity contribution >= 4 is 5.69 Å². The van der Waals surface area contributed by atoms with Crippen molar-refractivity contribution in [2.24, 2.45) is 11.8 Å². The molecule has 2 rings (SSSR count). The molecule has 4 heteroatoms. The molecule has 0 amide bonds. The van der Waals surface area contributed by atoms with Gasteiger partial charge in [0.15, 0.2) is 0 Å². The number of halogens is 2.